The van der Waals surface area contributed by atoms with Crippen LogP contribution in [0, 0.1) is 6.92 Å². The zero-order chi connectivity index (χ0) is 24.4. The summed E-state index contributed by atoms with van der Waals surface area (Å²) in [5.41, 5.74) is 3.40. The third kappa shape index (κ3) is 4.79. The van der Waals surface area contributed by atoms with E-state index in [1.54, 1.807) is 17.8 Å². The number of thioether (sulfide) groups is 1. The first-order chi connectivity index (χ1) is 17.0. The van der Waals surface area contributed by atoms with E-state index in [9.17, 15) is 9.59 Å². The maximum atomic E-state index is 13.0. The highest BCUT2D eigenvalue weighted by Crippen LogP contribution is 2.23. The van der Waals surface area contributed by atoms with E-state index in [1.807, 2.05) is 72.5 Å². The van der Waals surface area contributed by atoms with Gasteiger partial charge in [-0.25, -0.2) is 9.97 Å². The van der Waals surface area contributed by atoms with Crippen LogP contribution in [0.2, 0.25) is 0 Å². The van der Waals surface area contributed by atoms with E-state index >= 15 is 0 Å². The molecule has 0 spiro atoms. The molecule has 0 aliphatic carbocycles. The number of piperazine rings is 1. The van der Waals surface area contributed by atoms with Crippen LogP contribution in [0.1, 0.15) is 21.5 Å². The van der Waals surface area contributed by atoms with E-state index in [1.165, 1.54) is 11.8 Å². The van der Waals surface area contributed by atoms with Crippen molar-refractivity contribution in [2.75, 3.05) is 31.1 Å². The summed E-state index contributed by atoms with van der Waals surface area (Å²) in [6.07, 6.45) is 1.79. The number of aromatic nitrogens is 3. The molecule has 0 saturated carbocycles. The number of hydrogen-bond donors (Lipinski definition) is 0. The zero-order valence-corrected chi connectivity index (χ0v) is 20.7. The first-order valence-electron chi connectivity index (χ1n) is 11.6. The molecule has 7 nitrogen and oxygen atoms in total. The van der Waals surface area contributed by atoms with Crippen molar-refractivity contribution in [1.29, 1.82) is 0 Å². The summed E-state index contributed by atoms with van der Waals surface area (Å²) in [5.74, 6) is 1.67. The molecule has 8 heteroatoms. The Bertz CT molecular complexity index is 1410. The molecule has 1 amide bonds. The summed E-state index contributed by atoms with van der Waals surface area (Å²) in [6.45, 7) is 4.83. The number of rotatable bonds is 5. The van der Waals surface area contributed by atoms with E-state index in [0.717, 1.165) is 35.6 Å². The summed E-state index contributed by atoms with van der Waals surface area (Å²) in [5, 5.41) is 1.35. The quantitative estimate of drug-likeness (QED) is 0.316. The monoisotopic (exact) mass is 485 g/mol. The summed E-state index contributed by atoms with van der Waals surface area (Å²) >= 11 is 1.52. The molecule has 4 aromatic rings. The Balaban J connectivity index is 1.22. The van der Waals surface area contributed by atoms with Crippen LogP contribution >= 0.6 is 11.8 Å². The van der Waals surface area contributed by atoms with Crippen molar-refractivity contribution in [2.45, 2.75) is 17.8 Å². The second-order valence-electron chi connectivity index (χ2n) is 8.68. The molecule has 0 N–H and O–H groups in total. The van der Waals surface area contributed by atoms with E-state index in [0.29, 0.717) is 34.9 Å². The number of fused-ring (bicyclic) bond motifs is 1. The second kappa shape index (κ2) is 9.92. The van der Waals surface area contributed by atoms with Gasteiger partial charge in [0.25, 0.3) is 11.5 Å². The Morgan fingerprint density at radius 3 is 2.46 bits per heavy atom. The lowest BCUT2D eigenvalue weighted by Gasteiger charge is -2.35. The van der Waals surface area contributed by atoms with Crippen LogP contribution in [-0.4, -0.2) is 51.5 Å². The highest BCUT2D eigenvalue weighted by molar-refractivity contribution is 7.98. The molecular formula is C27H27N5O2S. The number of anilines is 1. The predicted molar refractivity (Wildman–Crippen MR) is 140 cm³/mol. The van der Waals surface area contributed by atoms with E-state index < -0.39 is 0 Å². The van der Waals surface area contributed by atoms with Gasteiger partial charge in [-0.3, -0.25) is 14.2 Å². The number of hydrogen-bond acceptors (Lipinski definition) is 6. The van der Waals surface area contributed by atoms with Gasteiger partial charge in [-0.05, 0) is 48.4 Å². The lowest BCUT2D eigenvalue weighted by atomic mass is 10.1. The van der Waals surface area contributed by atoms with Gasteiger partial charge in [-0.1, -0.05) is 42.1 Å². The van der Waals surface area contributed by atoms with Gasteiger partial charge in [0.05, 0.1) is 10.9 Å². The van der Waals surface area contributed by atoms with Gasteiger partial charge >= 0.3 is 0 Å². The van der Waals surface area contributed by atoms with Gasteiger partial charge in [-0.15, -0.1) is 0 Å². The lowest BCUT2D eigenvalue weighted by Crippen LogP contribution is -2.49. The average Bonchev–Trinajstić information content (AvgIpc) is 2.90. The fourth-order valence-corrected chi connectivity index (χ4v) is 5.27. The molecule has 5 rings (SSSR count). The van der Waals surface area contributed by atoms with E-state index in [2.05, 4.69) is 9.88 Å². The van der Waals surface area contributed by atoms with E-state index in [-0.39, 0.29) is 11.5 Å². The molecule has 1 fully saturated rings. The van der Waals surface area contributed by atoms with Gasteiger partial charge in [0, 0.05) is 50.7 Å². The van der Waals surface area contributed by atoms with Crippen molar-refractivity contribution in [3.8, 4) is 0 Å². The minimum atomic E-state index is -0.0281. The Hall–Kier alpha value is -3.65. The summed E-state index contributed by atoms with van der Waals surface area (Å²) in [6, 6.07) is 19.4. The molecule has 0 bridgehead atoms. The molecule has 3 heterocycles. The Labute approximate surface area is 208 Å². The van der Waals surface area contributed by atoms with Crippen LogP contribution < -0.4 is 10.5 Å². The average molecular weight is 486 g/mol. The van der Waals surface area contributed by atoms with Gasteiger partial charge < -0.3 is 9.80 Å². The molecule has 1 aliphatic heterocycles. The number of carbonyl (C=O) groups excluding carboxylic acids is 1. The fourth-order valence-electron chi connectivity index (χ4n) is 4.34. The number of benzene rings is 2. The summed E-state index contributed by atoms with van der Waals surface area (Å²) in [4.78, 5) is 39.0. The maximum Gasteiger partial charge on any atom is 0.262 e. The first kappa shape index (κ1) is 23.1. The molecule has 2 aromatic heterocycles. The van der Waals surface area contributed by atoms with Gasteiger partial charge in [0.15, 0.2) is 5.16 Å². The topological polar surface area (TPSA) is 71.3 Å². The SMILES string of the molecule is Cc1cccc2nc(SCc3ccc(C(=O)N4CCN(c5ccccn5)CC4)cc3)n(C)c(=O)c12. The van der Waals surface area contributed by atoms with Crippen LogP contribution in [0.15, 0.2) is 76.8 Å². The highest BCUT2D eigenvalue weighted by atomic mass is 32.2. The molecular weight excluding hydrogens is 458 g/mol. The zero-order valence-electron chi connectivity index (χ0n) is 19.8. The van der Waals surface area contributed by atoms with Crippen LogP contribution in [0.25, 0.3) is 10.9 Å². The lowest BCUT2D eigenvalue weighted by molar-refractivity contribution is 0.0746. The van der Waals surface area contributed by atoms with Gasteiger partial charge in [0.2, 0.25) is 0 Å². The third-order valence-corrected chi connectivity index (χ3v) is 7.48. The first-order valence-corrected chi connectivity index (χ1v) is 12.6. The minimum Gasteiger partial charge on any atom is -0.353 e. The molecule has 0 radical (unpaired) electrons. The molecule has 1 saturated heterocycles. The number of carbonyl (C=O) groups is 1. The maximum absolute atomic E-state index is 13.0. The molecule has 0 unspecified atom stereocenters. The number of pyridine rings is 1. The van der Waals surface area contributed by atoms with Crippen LogP contribution in [-0.2, 0) is 12.8 Å². The van der Waals surface area contributed by atoms with Crippen LogP contribution in [0.4, 0.5) is 5.82 Å². The summed E-state index contributed by atoms with van der Waals surface area (Å²) < 4.78 is 1.61. The van der Waals surface area contributed by atoms with Crippen molar-refractivity contribution in [3.63, 3.8) is 0 Å². The number of nitrogens with zero attached hydrogens (tertiary/aromatic N) is 5. The fraction of sp³-hybridized carbons (Fsp3) is 0.259. The normalized spacial score (nSPS) is 13.9. The number of amides is 1. The van der Waals surface area contributed by atoms with Crippen LogP contribution in [0.5, 0.6) is 0 Å². The highest BCUT2D eigenvalue weighted by Gasteiger charge is 2.22. The van der Waals surface area contributed by atoms with Gasteiger partial charge in [-0.2, -0.15) is 0 Å². The molecule has 178 valence electrons. The Morgan fingerprint density at radius 1 is 0.971 bits per heavy atom. The smallest absolute Gasteiger partial charge is 0.262 e. The molecule has 35 heavy (non-hydrogen) atoms. The van der Waals surface area contributed by atoms with Crippen molar-refractivity contribution in [2.24, 2.45) is 7.05 Å². The minimum absolute atomic E-state index is 0.0281. The second-order valence-corrected chi connectivity index (χ2v) is 9.62. The van der Waals surface area contributed by atoms with Crippen LogP contribution in [0.3, 0.4) is 0 Å². The number of aryl methyl sites for hydroxylation is 1. The largest absolute Gasteiger partial charge is 0.353 e. The van der Waals surface area contributed by atoms with Crippen molar-refractivity contribution in [1.82, 2.24) is 19.4 Å². The summed E-state index contributed by atoms with van der Waals surface area (Å²) in [7, 11) is 1.76. The molecule has 1 aliphatic rings. The van der Waals surface area contributed by atoms with Crippen molar-refractivity contribution >= 4 is 34.4 Å². The Kier molecular flexibility index (Phi) is 6.55. The van der Waals surface area contributed by atoms with Crippen molar-refractivity contribution < 1.29 is 4.79 Å². The molecule has 0 atom stereocenters. The van der Waals surface area contributed by atoms with E-state index in [4.69, 9.17) is 4.98 Å². The van der Waals surface area contributed by atoms with Crippen molar-refractivity contribution in [3.05, 3.63) is 93.9 Å². The predicted octanol–water partition coefficient (Wildman–Crippen LogP) is 3.89. The molecule has 2 aromatic carbocycles. The third-order valence-electron chi connectivity index (χ3n) is 6.38. The van der Waals surface area contributed by atoms with Gasteiger partial charge in [0.1, 0.15) is 5.82 Å². The standard InChI is InChI=1S/C27H27N5O2S/c1-19-6-5-7-22-24(19)26(34)30(2)27(29-22)35-18-20-9-11-21(12-10-20)25(33)32-16-14-31(15-17-32)23-8-3-4-13-28-23/h3-13H,14-18H2,1-2H3. The Morgan fingerprint density at radius 2 is 1.74 bits per heavy atom.